The minimum Gasteiger partial charge on any atom is -0.382 e. The lowest BCUT2D eigenvalue weighted by atomic mass is 10.2. The molecule has 0 aromatic heterocycles. The van der Waals surface area contributed by atoms with E-state index in [-0.39, 0.29) is 13.2 Å². The lowest BCUT2D eigenvalue weighted by molar-refractivity contribution is -0.202. The third-order valence-electron chi connectivity index (χ3n) is 1.96. The van der Waals surface area contributed by atoms with E-state index in [2.05, 4.69) is 10.1 Å². The van der Waals surface area contributed by atoms with Gasteiger partial charge in [-0.05, 0) is 0 Å². The average Bonchev–Trinajstić information content (AvgIpc) is 2.45. The minimum atomic E-state index is -4.67. The Labute approximate surface area is 78.0 Å². The summed E-state index contributed by atoms with van der Waals surface area (Å²) >= 11 is 0. The van der Waals surface area contributed by atoms with E-state index in [4.69, 9.17) is 5.11 Å². The van der Waals surface area contributed by atoms with Crippen molar-refractivity contribution in [2.45, 2.75) is 24.5 Å². The molecule has 0 aromatic rings. The lowest BCUT2D eigenvalue weighted by Gasteiger charge is -2.18. The number of aliphatic hydroxyl groups is 1. The number of rotatable bonds is 3. The van der Waals surface area contributed by atoms with Gasteiger partial charge in [-0.25, -0.2) is 4.39 Å². The van der Waals surface area contributed by atoms with Gasteiger partial charge in [-0.2, -0.15) is 13.2 Å². The molecule has 1 rings (SSSR count). The average molecular weight is 217 g/mol. The van der Waals surface area contributed by atoms with Crippen LogP contribution in [0.2, 0.25) is 0 Å². The Morgan fingerprint density at radius 1 is 1.43 bits per heavy atom. The van der Waals surface area contributed by atoms with Crippen LogP contribution < -0.4 is 5.32 Å². The molecule has 1 saturated heterocycles. The number of hydrogen-bond acceptors (Lipinski definition) is 3. The number of hydrogen-bond donors (Lipinski definition) is 2. The zero-order valence-corrected chi connectivity index (χ0v) is 7.22. The van der Waals surface area contributed by atoms with Crippen molar-refractivity contribution in [3.05, 3.63) is 0 Å². The summed E-state index contributed by atoms with van der Waals surface area (Å²) in [5.41, 5.74) is 0. The Balaban J connectivity index is 2.26. The van der Waals surface area contributed by atoms with Crippen molar-refractivity contribution >= 4 is 0 Å². The van der Waals surface area contributed by atoms with Gasteiger partial charge in [0.25, 0.3) is 0 Å². The van der Waals surface area contributed by atoms with Crippen LogP contribution in [0.15, 0.2) is 0 Å². The standard InChI is InChI=1S/C7H11F4NO2/c8-4-2-14-3-5(4)12-1-6(13)7(9,10)11/h4-6,12-13H,1-3H2/t4-,5-,6?/m1/s1. The van der Waals surface area contributed by atoms with Gasteiger partial charge in [-0.3, -0.25) is 0 Å². The zero-order chi connectivity index (χ0) is 10.8. The van der Waals surface area contributed by atoms with Crippen molar-refractivity contribution in [1.29, 1.82) is 0 Å². The van der Waals surface area contributed by atoms with Crippen LogP contribution in [-0.2, 0) is 4.74 Å². The molecule has 3 atom stereocenters. The molecule has 1 aliphatic heterocycles. The molecule has 0 bridgehead atoms. The van der Waals surface area contributed by atoms with E-state index in [0.717, 1.165) is 0 Å². The van der Waals surface area contributed by atoms with E-state index < -0.39 is 31.0 Å². The molecule has 1 fully saturated rings. The van der Waals surface area contributed by atoms with E-state index in [1.54, 1.807) is 0 Å². The predicted octanol–water partition coefficient (Wildman–Crippen LogP) is 0.236. The first kappa shape index (κ1) is 11.7. The van der Waals surface area contributed by atoms with E-state index in [1.165, 1.54) is 0 Å². The highest BCUT2D eigenvalue weighted by atomic mass is 19.4. The second-order valence-corrected chi connectivity index (χ2v) is 3.13. The van der Waals surface area contributed by atoms with Crippen LogP contribution >= 0.6 is 0 Å². The summed E-state index contributed by atoms with van der Waals surface area (Å²) < 4.78 is 52.9. The molecule has 1 unspecified atom stereocenters. The molecule has 1 aliphatic rings. The largest absolute Gasteiger partial charge is 0.415 e. The van der Waals surface area contributed by atoms with Crippen LogP contribution in [0.3, 0.4) is 0 Å². The van der Waals surface area contributed by atoms with Crippen molar-refractivity contribution in [3.8, 4) is 0 Å². The van der Waals surface area contributed by atoms with Crippen LogP contribution in [0.5, 0.6) is 0 Å². The smallest absolute Gasteiger partial charge is 0.382 e. The van der Waals surface area contributed by atoms with Crippen molar-refractivity contribution in [3.63, 3.8) is 0 Å². The summed E-state index contributed by atoms with van der Waals surface area (Å²) in [4.78, 5) is 0. The van der Waals surface area contributed by atoms with Crippen LogP contribution in [-0.4, -0.2) is 49.4 Å². The molecule has 0 radical (unpaired) electrons. The summed E-state index contributed by atoms with van der Waals surface area (Å²) in [5.74, 6) is 0. The minimum absolute atomic E-state index is 0.0335. The summed E-state index contributed by atoms with van der Waals surface area (Å²) in [6, 6.07) is -0.757. The molecule has 0 amide bonds. The Morgan fingerprint density at radius 2 is 2.07 bits per heavy atom. The molecule has 3 nitrogen and oxygen atoms in total. The van der Waals surface area contributed by atoms with Gasteiger partial charge >= 0.3 is 6.18 Å². The summed E-state index contributed by atoms with van der Waals surface area (Å²) in [7, 11) is 0. The second kappa shape index (κ2) is 4.41. The predicted molar refractivity (Wildman–Crippen MR) is 39.6 cm³/mol. The molecular formula is C7H11F4NO2. The second-order valence-electron chi connectivity index (χ2n) is 3.13. The van der Waals surface area contributed by atoms with E-state index in [0.29, 0.717) is 0 Å². The Hall–Kier alpha value is -0.400. The van der Waals surface area contributed by atoms with Crippen LogP contribution in [0.1, 0.15) is 0 Å². The van der Waals surface area contributed by atoms with Crippen molar-refractivity contribution in [1.82, 2.24) is 5.32 Å². The molecule has 0 aromatic carbocycles. The number of aliphatic hydroxyl groups excluding tert-OH is 1. The highest BCUT2D eigenvalue weighted by Crippen LogP contribution is 2.19. The van der Waals surface area contributed by atoms with Gasteiger partial charge in [0.1, 0.15) is 6.17 Å². The van der Waals surface area contributed by atoms with Crippen molar-refractivity contribution < 1.29 is 27.4 Å². The number of halogens is 4. The maximum absolute atomic E-state index is 12.8. The topological polar surface area (TPSA) is 41.5 Å². The molecule has 84 valence electrons. The third-order valence-corrected chi connectivity index (χ3v) is 1.96. The SMILES string of the molecule is OC(CN[C@@H]1COC[C@H]1F)C(F)(F)F. The first-order chi connectivity index (χ1) is 6.41. The van der Waals surface area contributed by atoms with Gasteiger partial charge in [0, 0.05) is 6.54 Å². The number of alkyl halides is 4. The fourth-order valence-corrected chi connectivity index (χ4v) is 1.09. The molecule has 7 heteroatoms. The van der Waals surface area contributed by atoms with Gasteiger partial charge in [0.15, 0.2) is 6.10 Å². The lowest BCUT2D eigenvalue weighted by Crippen LogP contribution is -2.45. The first-order valence-corrected chi connectivity index (χ1v) is 4.11. The van der Waals surface area contributed by atoms with Crippen molar-refractivity contribution in [2.24, 2.45) is 0 Å². The highest BCUT2D eigenvalue weighted by molar-refractivity contribution is 4.82. The number of nitrogens with one attached hydrogen (secondary N) is 1. The molecule has 2 N–H and O–H groups in total. The highest BCUT2D eigenvalue weighted by Gasteiger charge is 2.39. The summed E-state index contributed by atoms with van der Waals surface area (Å²) in [6.07, 6.45) is -8.44. The van der Waals surface area contributed by atoms with Crippen molar-refractivity contribution in [2.75, 3.05) is 19.8 Å². The quantitative estimate of drug-likeness (QED) is 0.665. The molecule has 0 spiro atoms. The molecule has 14 heavy (non-hydrogen) atoms. The monoisotopic (exact) mass is 217 g/mol. The molecule has 0 aliphatic carbocycles. The Kier molecular flexibility index (Phi) is 3.68. The summed E-state index contributed by atoms with van der Waals surface area (Å²) in [6.45, 7) is -0.788. The van der Waals surface area contributed by atoms with Gasteiger partial charge in [0.2, 0.25) is 0 Å². The van der Waals surface area contributed by atoms with Crippen LogP contribution in [0.25, 0.3) is 0 Å². The van der Waals surface area contributed by atoms with E-state index >= 15 is 0 Å². The van der Waals surface area contributed by atoms with Gasteiger partial charge in [-0.15, -0.1) is 0 Å². The normalized spacial score (nSPS) is 30.6. The fourth-order valence-electron chi connectivity index (χ4n) is 1.09. The van der Waals surface area contributed by atoms with Crippen LogP contribution in [0, 0.1) is 0 Å². The van der Waals surface area contributed by atoms with E-state index in [9.17, 15) is 17.6 Å². The van der Waals surface area contributed by atoms with Gasteiger partial charge in [-0.1, -0.05) is 0 Å². The fraction of sp³-hybridized carbons (Fsp3) is 1.00. The Bertz CT molecular complexity index is 185. The maximum atomic E-state index is 12.8. The third kappa shape index (κ3) is 3.07. The molecule has 0 saturated carbocycles. The summed E-state index contributed by atoms with van der Waals surface area (Å²) in [5, 5.41) is 10.8. The Morgan fingerprint density at radius 3 is 2.50 bits per heavy atom. The maximum Gasteiger partial charge on any atom is 0.415 e. The molecular weight excluding hydrogens is 206 g/mol. The van der Waals surface area contributed by atoms with Gasteiger partial charge < -0.3 is 15.2 Å². The van der Waals surface area contributed by atoms with E-state index in [1.807, 2.05) is 0 Å². The first-order valence-electron chi connectivity index (χ1n) is 4.11. The number of ether oxygens (including phenoxy) is 1. The van der Waals surface area contributed by atoms with Gasteiger partial charge in [0.05, 0.1) is 19.3 Å². The van der Waals surface area contributed by atoms with Crippen LogP contribution in [0.4, 0.5) is 17.6 Å². The zero-order valence-electron chi connectivity index (χ0n) is 7.22. The molecule has 1 heterocycles.